The molecule has 0 saturated carbocycles. The van der Waals surface area contributed by atoms with Crippen molar-refractivity contribution in [2.45, 2.75) is 13.0 Å². The van der Waals surface area contributed by atoms with E-state index >= 15 is 0 Å². The molecule has 0 radical (unpaired) electrons. The first kappa shape index (κ1) is 10.7. The highest BCUT2D eigenvalue weighted by Crippen LogP contribution is 2.40. The molecule has 2 aromatic rings. The van der Waals surface area contributed by atoms with Crippen molar-refractivity contribution in [3.05, 3.63) is 64.7 Å². The second-order valence-electron chi connectivity index (χ2n) is 4.56. The molecule has 3 rings (SSSR count). The minimum Gasteiger partial charge on any atom is -0.360 e. The molecule has 1 atom stereocenters. The second-order valence-corrected chi connectivity index (χ2v) is 5.00. The Morgan fingerprint density at radius 1 is 1.12 bits per heavy atom. The number of benzene rings is 2. The van der Waals surface area contributed by atoms with Gasteiger partial charge >= 0.3 is 0 Å². The first-order chi connectivity index (χ1) is 8.24. The highest BCUT2D eigenvalue weighted by atomic mass is 35.5. The molecule has 2 aromatic carbocycles. The smallest absolute Gasteiger partial charge is 0.0718 e. The molecule has 0 spiro atoms. The van der Waals surface area contributed by atoms with Gasteiger partial charge in [-0.25, -0.2) is 0 Å². The van der Waals surface area contributed by atoms with Crippen LogP contribution in [0.1, 0.15) is 17.2 Å². The summed E-state index contributed by atoms with van der Waals surface area (Å²) in [5, 5.41) is 0.802. The fraction of sp³-hybridized carbons (Fsp3) is 0.200. The molecule has 1 nitrogen and oxygen atoms in total. The van der Waals surface area contributed by atoms with Gasteiger partial charge in [-0.3, -0.25) is 0 Å². The molecule has 0 unspecified atom stereocenters. The zero-order chi connectivity index (χ0) is 11.8. The van der Waals surface area contributed by atoms with Gasteiger partial charge in [-0.15, -0.1) is 0 Å². The van der Waals surface area contributed by atoms with Crippen molar-refractivity contribution in [1.29, 1.82) is 0 Å². The Morgan fingerprint density at radius 2 is 1.88 bits per heavy atom. The molecule has 86 valence electrons. The molecule has 1 fully saturated rings. The van der Waals surface area contributed by atoms with Gasteiger partial charge in [0.25, 0.3) is 0 Å². The van der Waals surface area contributed by atoms with E-state index in [1.165, 1.54) is 16.8 Å². The molecule has 0 amide bonds. The average molecular weight is 244 g/mol. The number of rotatable bonds is 2. The molecule has 0 aliphatic carbocycles. The summed E-state index contributed by atoms with van der Waals surface area (Å²) in [6.45, 7) is 3.23. The summed E-state index contributed by atoms with van der Waals surface area (Å²) in [6.07, 6.45) is 0. The van der Waals surface area contributed by atoms with Crippen molar-refractivity contribution in [2.75, 3.05) is 11.4 Å². The van der Waals surface area contributed by atoms with Gasteiger partial charge in [0.05, 0.1) is 6.04 Å². The van der Waals surface area contributed by atoms with Gasteiger partial charge in [-0.2, -0.15) is 0 Å². The lowest BCUT2D eigenvalue weighted by Gasteiger charge is -2.06. The maximum Gasteiger partial charge on any atom is 0.0718 e. The maximum absolute atomic E-state index is 5.90. The Labute approximate surface area is 107 Å². The SMILES string of the molecule is Cc1cccc(N2C[C@@H]2c2ccc(Cl)cc2)c1. The van der Waals surface area contributed by atoms with Crippen molar-refractivity contribution in [3.63, 3.8) is 0 Å². The highest BCUT2D eigenvalue weighted by Gasteiger charge is 2.35. The van der Waals surface area contributed by atoms with Crippen LogP contribution in [0, 0.1) is 6.92 Å². The van der Waals surface area contributed by atoms with Crippen LogP contribution < -0.4 is 4.90 Å². The van der Waals surface area contributed by atoms with E-state index in [1.807, 2.05) is 12.1 Å². The molecule has 0 bridgehead atoms. The Bertz CT molecular complexity index is 533. The van der Waals surface area contributed by atoms with Gasteiger partial charge in [-0.05, 0) is 42.3 Å². The van der Waals surface area contributed by atoms with Crippen LogP contribution in [0.3, 0.4) is 0 Å². The maximum atomic E-state index is 5.90. The quantitative estimate of drug-likeness (QED) is 0.714. The van der Waals surface area contributed by atoms with Crippen molar-refractivity contribution < 1.29 is 0 Å². The predicted molar refractivity (Wildman–Crippen MR) is 72.7 cm³/mol. The van der Waals surface area contributed by atoms with Crippen LogP contribution >= 0.6 is 11.6 Å². The third-order valence-corrected chi connectivity index (χ3v) is 3.45. The summed E-state index contributed by atoms with van der Waals surface area (Å²) in [6, 6.07) is 17.3. The molecule has 1 aliphatic heterocycles. The lowest BCUT2D eigenvalue weighted by atomic mass is 10.1. The number of nitrogens with zero attached hydrogens (tertiary/aromatic N) is 1. The molecule has 2 heteroatoms. The summed E-state index contributed by atoms with van der Waals surface area (Å²) in [5.41, 5.74) is 3.96. The van der Waals surface area contributed by atoms with Gasteiger partial charge in [-0.1, -0.05) is 35.9 Å². The van der Waals surface area contributed by atoms with Crippen LogP contribution in [0.25, 0.3) is 0 Å². The average Bonchev–Trinajstić information content (AvgIpc) is 3.10. The van der Waals surface area contributed by atoms with Crippen LogP contribution in [0.5, 0.6) is 0 Å². The van der Waals surface area contributed by atoms with E-state index in [9.17, 15) is 0 Å². The van der Waals surface area contributed by atoms with Crippen molar-refractivity contribution in [1.82, 2.24) is 0 Å². The summed E-state index contributed by atoms with van der Waals surface area (Å²) in [7, 11) is 0. The largest absolute Gasteiger partial charge is 0.360 e. The van der Waals surface area contributed by atoms with E-state index in [-0.39, 0.29) is 0 Å². The van der Waals surface area contributed by atoms with Gasteiger partial charge < -0.3 is 4.90 Å². The fourth-order valence-electron chi connectivity index (χ4n) is 2.20. The molecule has 1 aliphatic rings. The Kier molecular flexibility index (Phi) is 2.56. The summed E-state index contributed by atoms with van der Waals surface area (Å²) in [4.78, 5) is 2.40. The van der Waals surface area contributed by atoms with Gasteiger partial charge in [0, 0.05) is 17.3 Å². The topological polar surface area (TPSA) is 3.01 Å². The molecular weight excluding hydrogens is 230 g/mol. The number of hydrogen-bond acceptors (Lipinski definition) is 1. The Morgan fingerprint density at radius 3 is 2.59 bits per heavy atom. The van der Waals surface area contributed by atoms with Crippen LogP contribution in [0.4, 0.5) is 5.69 Å². The van der Waals surface area contributed by atoms with Crippen molar-refractivity contribution >= 4 is 17.3 Å². The Hall–Kier alpha value is -1.47. The van der Waals surface area contributed by atoms with Gasteiger partial charge in [0.15, 0.2) is 0 Å². The normalized spacial score (nSPS) is 18.2. The molecule has 1 saturated heterocycles. The van der Waals surface area contributed by atoms with E-state index in [2.05, 4.69) is 48.2 Å². The molecule has 17 heavy (non-hydrogen) atoms. The van der Waals surface area contributed by atoms with Gasteiger partial charge in [0.1, 0.15) is 0 Å². The summed E-state index contributed by atoms with van der Waals surface area (Å²) in [5.74, 6) is 0. The summed E-state index contributed by atoms with van der Waals surface area (Å²) < 4.78 is 0. The zero-order valence-electron chi connectivity index (χ0n) is 9.73. The van der Waals surface area contributed by atoms with Gasteiger partial charge in [0.2, 0.25) is 0 Å². The van der Waals surface area contributed by atoms with Crippen LogP contribution in [-0.2, 0) is 0 Å². The number of halogens is 1. The molecule has 1 heterocycles. The Balaban J connectivity index is 1.80. The monoisotopic (exact) mass is 243 g/mol. The molecular formula is C15H14ClN. The van der Waals surface area contributed by atoms with E-state index < -0.39 is 0 Å². The predicted octanol–water partition coefficient (Wildman–Crippen LogP) is 4.21. The first-order valence-corrected chi connectivity index (χ1v) is 6.20. The van der Waals surface area contributed by atoms with E-state index in [0.29, 0.717) is 6.04 Å². The van der Waals surface area contributed by atoms with E-state index in [0.717, 1.165) is 11.6 Å². The lowest BCUT2D eigenvalue weighted by Crippen LogP contribution is -1.94. The molecule has 0 aromatic heterocycles. The van der Waals surface area contributed by atoms with Crippen LogP contribution in [0.15, 0.2) is 48.5 Å². The van der Waals surface area contributed by atoms with Crippen molar-refractivity contribution in [3.8, 4) is 0 Å². The zero-order valence-corrected chi connectivity index (χ0v) is 10.5. The standard InChI is InChI=1S/C15H14ClN/c1-11-3-2-4-14(9-11)17-10-15(17)12-5-7-13(16)8-6-12/h2-9,15H,10H2,1H3/t15-,17?/m1/s1. The van der Waals surface area contributed by atoms with E-state index in [4.69, 9.17) is 11.6 Å². The summed E-state index contributed by atoms with van der Waals surface area (Å²) >= 11 is 5.90. The highest BCUT2D eigenvalue weighted by molar-refractivity contribution is 6.30. The van der Waals surface area contributed by atoms with Crippen LogP contribution in [-0.4, -0.2) is 6.54 Å². The number of anilines is 1. The van der Waals surface area contributed by atoms with Crippen molar-refractivity contribution in [2.24, 2.45) is 0 Å². The molecule has 0 N–H and O–H groups in total. The minimum atomic E-state index is 0.522. The first-order valence-electron chi connectivity index (χ1n) is 5.83. The lowest BCUT2D eigenvalue weighted by molar-refractivity contribution is 1.12. The fourth-order valence-corrected chi connectivity index (χ4v) is 2.33. The number of hydrogen-bond donors (Lipinski definition) is 0. The number of aryl methyl sites for hydroxylation is 1. The van der Waals surface area contributed by atoms with E-state index in [1.54, 1.807) is 0 Å². The third-order valence-electron chi connectivity index (χ3n) is 3.20. The van der Waals surface area contributed by atoms with Crippen LogP contribution in [0.2, 0.25) is 5.02 Å². The third kappa shape index (κ3) is 2.16. The minimum absolute atomic E-state index is 0.522. The second kappa shape index (κ2) is 4.08.